The lowest BCUT2D eigenvalue weighted by atomic mass is 9.67. The first-order chi connectivity index (χ1) is 33.7. The van der Waals surface area contributed by atoms with Crippen molar-refractivity contribution in [2.45, 2.75) is 5.41 Å². The van der Waals surface area contributed by atoms with Gasteiger partial charge in [-0.3, -0.25) is 0 Å². The lowest BCUT2D eigenvalue weighted by Gasteiger charge is -2.33. The molecule has 1 aliphatic rings. The van der Waals surface area contributed by atoms with E-state index < -0.39 is 5.41 Å². The monoisotopic (exact) mass is 882 g/mol. The molecule has 10 aromatic carbocycles. The summed E-state index contributed by atoms with van der Waals surface area (Å²) in [6, 6.07) is 92.4. The Bertz CT molecular complexity index is 3780. The zero-order valence-electron chi connectivity index (χ0n) is 37.1. The molecular formula is C65H42N2S. The molecule has 2 nitrogen and oxygen atoms in total. The summed E-state index contributed by atoms with van der Waals surface area (Å²) < 4.78 is 2.62. The maximum absolute atomic E-state index is 5.35. The topological polar surface area (TPSA) is 25.8 Å². The van der Waals surface area contributed by atoms with Crippen LogP contribution in [0, 0.1) is 0 Å². The van der Waals surface area contributed by atoms with Crippen molar-refractivity contribution in [3.8, 4) is 78.4 Å². The zero-order valence-corrected chi connectivity index (χ0v) is 37.9. The summed E-state index contributed by atoms with van der Waals surface area (Å²) in [5.74, 6) is 0.691. The third kappa shape index (κ3) is 6.62. The third-order valence-electron chi connectivity index (χ3n) is 13.8. The summed E-state index contributed by atoms with van der Waals surface area (Å²) in [6.45, 7) is 0. The van der Waals surface area contributed by atoms with Gasteiger partial charge in [-0.05, 0) is 103 Å². The van der Waals surface area contributed by atoms with Gasteiger partial charge in [-0.2, -0.15) is 0 Å². The van der Waals surface area contributed by atoms with Crippen LogP contribution < -0.4 is 0 Å². The molecule has 0 spiro atoms. The maximum atomic E-state index is 5.35. The molecule has 0 unspecified atom stereocenters. The predicted molar refractivity (Wildman–Crippen MR) is 285 cm³/mol. The van der Waals surface area contributed by atoms with E-state index >= 15 is 0 Å². The molecule has 2 aromatic heterocycles. The molecule has 0 bridgehead atoms. The van der Waals surface area contributed by atoms with Crippen molar-refractivity contribution >= 4 is 31.5 Å². The van der Waals surface area contributed by atoms with Gasteiger partial charge in [-0.15, -0.1) is 11.3 Å². The quantitative estimate of drug-likeness (QED) is 0.152. The second-order valence-corrected chi connectivity index (χ2v) is 18.7. The third-order valence-corrected chi connectivity index (χ3v) is 15.0. The van der Waals surface area contributed by atoms with Gasteiger partial charge in [0, 0.05) is 36.9 Å². The highest BCUT2D eigenvalue weighted by atomic mass is 32.1. The van der Waals surface area contributed by atoms with Crippen LogP contribution in [0.4, 0.5) is 0 Å². The lowest BCUT2D eigenvalue weighted by molar-refractivity contribution is 0.768. The summed E-state index contributed by atoms with van der Waals surface area (Å²) >= 11 is 1.86. The highest BCUT2D eigenvalue weighted by Gasteiger charge is 2.46. The Labute approximate surface area is 400 Å². The van der Waals surface area contributed by atoms with E-state index in [4.69, 9.17) is 9.97 Å². The highest BCUT2D eigenvalue weighted by Crippen LogP contribution is 2.56. The fraction of sp³-hybridized carbons (Fsp3) is 0.0154. The van der Waals surface area contributed by atoms with Crippen LogP contribution in [-0.2, 0) is 5.41 Å². The molecule has 0 saturated heterocycles. The average Bonchev–Trinajstić information content (AvgIpc) is 3.96. The van der Waals surface area contributed by atoms with Crippen LogP contribution in [-0.4, -0.2) is 9.97 Å². The second kappa shape index (κ2) is 16.4. The largest absolute Gasteiger partial charge is 0.228 e. The Morgan fingerprint density at radius 3 is 1.53 bits per heavy atom. The number of hydrogen-bond acceptors (Lipinski definition) is 3. The van der Waals surface area contributed by atoms with E-state index in [1.807, 2.05) is 17.4 Å². The van der Waals surface area contributed by atoms with E-state index in [0.29, 0.717) is 5.82 Å². The Kier molecular flexibility index (Phi) is 9.62. The van der Waals surface area contributed by atoms with Gasteiger partial charge >= 0.3 is 0 Å². The van der Waals surface area contributed by atoms with Gasteiger partial charge in [-0.1, -0.05) is 218 Å². The van der Waals surface area contributed by atoms with E-state index in [-0.39, 0.29) is 0 Å². The fourth-order valence-corrected chi connectivity index (χ4v) is 11.9. The van der Waals surface area contributed by atoms with Crippen LogP contribution in [0.15, 0.2) is 255 Å². The lowest BCUT2D eigenvalue weighted by Crippen LogP contribution is -2.28. The SMILES string of the molecule is c1ccc(-c2cc(-c3ccc4c(c3)-c3ccccc3C4(c3ccccc3)c3ccccc3)cc(-c3cc(-c4ccc(-c5cccc6c5sc5ccccc56)cc4)nc(-c4ccccc4)n3)c2)cc1. The molecule has 3 heteroatoms. The van der Waals surface area contributed by atoms with Gasteiger partial charge in [0.25, 0.3) is 0 Å². The van der Waals surface area contributed by atoms with Gasteiger partial charge in [0.15, 0.2) is 5.82 Å². The van der Waals surface area contributed by atoms with E-state index in [0.717, 1.165) is 50.3 Å². The molecule has 0 amide bonds. The minimum Gasteiger partial charge on any atom is -0.228 e. The molecule has 0 atom stereocenters. The first-order valence-electron chi connectivity index (χ1n) is 23.2. The molecule has 13 rings (SSSR count). The van der Waals surface area contributed by atoms with Gasteiger partial charge in [0.05, 0.1) is 16.8 Å². The maximum Gasteiger partial charge on any atom is 0.160 e. The van der Waals surface area contributed by atoms with Gasteiger partial charge in [-0.25, -0.2) is 9.97 Å². The first kappa shape index (κ1) is 39.8. The summed E-state index contributed by atoms with van der Waals surface area (Å²) in [6.07, 6.45) is 0. The van der Waals surface area contributed by atoms with Crippen molar-refractivity contribution in [3.05, 3.63) is 277 Å². The summed E-state index contributed by atoms with van der Waals surface area (Å²) in [5, 5.41) is 2.61. The van der Waals surface area contributed by atoms with Crippen LogP contribution in [0.5, 0.6) is 0 Å². The zero-order chi connectivity index (χ0) is 45.0. The molecule has 12 aromatic rings. The summed E-state index contributed by atoms with van der Waals surface area (Å²) in [4.78, 5) is 10.6. The predicted octanol–water partition coefficient (Wildman–Crippen LogP) is 17.2. The number of aromatic nitrogens is 2. The number of fused-ring (bicyclic) bond motifs is 6. The molecule has 68 heavy (non-hydrogen) atoms. The van der Waals surface area contributed by atoms with E-state index in [1.165, 1.54) is 64.7 Å². The smallest absolute Gasteiger partial charge is 0.160 e. The molecule has 318 valence electrons. The summed E-state index contributed by atoms with van der Waals surface area (Å²) in [7, 11) is 0. The molecule has 0 radical (unpaired) electrons. The number of rotatable bonds is 8. The average molecular weight is 883 g/mol. The Morgan fingerprint density at radius 2 is 0.809 bits per heavy atom. The molecular weight excluding hydrogens is 841 g/mol. The van der Waals surface area contributed by atoms with Crippen LogP contribution in [0.1, 0.15) is 22.3 Å². The van der Waals surface area contributed by atoms with Gasteiger partial charge < -0.3 is 0 Å². The second-order valence-electron chi connectivity index (χ2n) is 17.6. The number of hydrogen-bond donors (Lipinski definition) is 0. The molecule has 2 heterocycles. The van der Waals surface area contributed by atoms with Crippen molar-refractivity contribution in [1.82, 2.24) is 9.97 Å². The first-order valence-corrected chi connectivity index (χ1v) is 24.0. The molecule has 0 aliphatic heterocycles. The molecule has 0 saturated carbocycles. The Balaban J connectivity index is 0.967. The van der Waals surface area contributed by atoms with Crippen LogP contribution >= 0.6 is 11.3 Å². The van der Waals surface area contributed by atoms with Gasteiger partial charge in [0.2, 0.25) is 0 Å². The fourth-order valence-electron chi connectivity index (χ4n) is 10.6. The van der Waals surface area contributed by atoms with Crippen molar-refractivity contribution in [2.75, 3.05) is 0 Å². The van der Waals surface area contributed by atoms with E-state index in [2.05, 4.69) is 249 Å². The summed E-state index contributed by atoms with van der Waals surface area (Å²) in [5.41, 5.74) is 18.9. The Hall–Kier alpha value is -8.50. The van der Waals surface area contributed by atoms with Crippen molar-refractivity contribution in [3.63, 3.8) is 0 Å². The highest BCUT2D eigenvalue weighted by molar-refractivity contribution is 7.26. The van der Waals surface area contributed by atoms with E-state index in [1.54, 1.807) is 0 Å². The van der Waals surface area contributed by atoms with Crippen molar-refractivity contribution in [1.29, 1.82) is 0 Å². The standard InChI is InChI=1S/C65H42N2S/c1-5-18-43(19-6-1)48-38-49(47-36-37-59-57(41-47)54-26-13-15-30-58(54)65(59,51-22-9-3-10-23-51)52-24-11-4-12-25-52)40-50(39-48)61-42-60(66-64(67-61)46-20-7-2-8-21-46)45-34-32-44(33-35-45)53-28-17-29-56-55-27-14-16-31-62(55)68-63(53)56/h1-42H. The Morgan fingerprint density at radius 1 is 0.294 bits per heavy atom. The minimum atomic E-state index is -0.459. The van der Waals surface area contributed by atoms with Crippen LogP contribution in [0.3, 0.4) is 0 Å². The van der Waals surface area contributed by atoms with Gasteiger partial charge in [0.1, 0.15) is 0 Å². The number of nitrogens with zero attached hydrogens (tertiary/aromatic N) is 2. The molecule has 1 aliphatic carbocycles. The van der Waals surface area contributed by atoms with Crippen molar-refractivity contribution < 1.29 is 0 Å². The minimum absolute atomic E-state index is 0.459. The van der Waals surface area contributed by atoms with Crippen LogP contribution in [0.2, 0.25) is 0 Å². The van der Waals surface area contributed by atoms with Crippen molar-refractivity contribution in [2.24, 2.45) is 0 Å². The normalized spacial score (nSPS) is 12.5. The molecule has 0 N–H and O–H groups in total. The molecule has 0 fully saturated rings. The van der Waals surface area contributed by atoms with E-state index in [9.17, 15) is 0 Å². The van der Waals surface area contributed by atoms with Crippen LogP contribution in [0.25, 0.3) is 98.6 Å². The number of benzene rings is 10. The number of thiophene rings is 1.